The van der Waals surface area contributed by atoms with Crippen LogP contribution in [0.2, 0.25) is 5.15 Å². The minimum absolute atomic E-state index is 0.0257. The Labute approximate surface area is 206 Å². The Hall–Kier alpha value is -2.08. The minimum Gasteiger partial charge on any atom is -0.396 e. The van der Waals surface area contributed by atoms with Crippen LogP contribution in [0.1, 0.15) is 20.3 Å². The van der Waals surface area contributed by atoms with Crippen LogP contribution in [0.15, 0.2) is 24.3 Å². The SMILES string of the molecule is COCCNc1nc(Cl)c(-c2nc3ccccc3s2)c(N[C@@H]2C[C@H](CO)[C@H]3OC(C)(C)O[C@H]32)n1. The summed E-state index contributed by atoms with van der Waals surface area (Å²) in [6, 6.07) is 7.81. The second-order valence-corrected chi connectivity index (χ2v) is 10.4. The van der Waals surface area contributed by atoms with Gasteiger partial charge in [0.05, 0.1) is 34.5 Å². The minimum atomic E-state index is -0.713. The number of aliphatic hydroxyl groups is 1. The van der Waals surface area contributed by atoms with E-state index in [1.54, 1.807) is 7.11 Å². The van der Waals surface area contributed by atoms with Crippen LogP contribution in [-0.4, -0.2) is 71.0 Å². The number of fused-ring (bicyclic) bond motifs is 2. The second kappa shape index (κ2) is 9.52. The zero-order valence-electron chi connectivity index (χ0n) is 19.2. The van der Waals surface area contributed by atoms with Crippen LogP contribution in [-0.2, 0) is 14.2 Å². The number of para-hydroxylation sites is 1. The molecule has 3 N–H and O–H groups in total. The van der Waals surface area contributed by atoms with Gasteiger partial charge in [0.1, 0.15) is 22.1 Å². The zero-order valence-corrected chi connectivity index (χ0v) is 20.8. The summed E-state index contributed by atoms with van der Waals surface area (Å²) in [5.41, 5.74) is 1.53. The third kappa shape index (κ3) is 4.58. The van der Waals surface area contributed by atoms with Gasteiger partial charge in [-0.1, -0.05) is 23.7 Å². The van der Waals surface area contributed by atoms with Gasteiger partial charge in [-0.3, -0.25) is 0 Å². The molecule has 5 rings (SSSR count). The molecule has 0 amide bonds. The van der Waals surface area contributed by atoms with Crippen LogP contribution < -0.4 is 10.6 Å². The highest BCUT2D eigenvalue weighted by Crippen LogP contribution is 2.44. The number of aromatic nitrogens is 3. The van der Waals surface area contributed by atoms with Crippen LogP contribution in [0.25, 0.3) is 20.8 Å². The topological polar surface area (TPSA) is 111 Å². The quantitative estimate of drug-likeness (QED) is 0.311. The van der Waals surface area contributed by atoms with E-state index in [0.29, 0.717) is 42.1 Å². The highest BCUT2D eigenvalue weighted by atomic mass is 35.5. The van der Waals surface area contributed by atoms with Gasteiger partial charge in [-0.15, -0.1) is 11.3 Å². The van der Waals surface area contributed by atoms with E-state index >= 15 is 0 Å². The molecule has 0 radical (unpaired) electrons. The number of halogens is 1. The van der Waals surface area contributed by atoms with Gasteiger partial charge >= 0.3 is 0 Å². The van der Waals surface area contributed by atoms with E-state index in [4.69, 9.17) is 35.8 Å². The number of nitrogens with one attached hydrogen (secondary N) is 2. The molecule has 9 nitrogen and oxygen atoms in total. The van der Waals surface area contributed by atoms with Crippen molar-refractivity contribution in [2.45, 2.75) is 44.3 Å². The maximum absolute atomic E-state index is 9.95. The van der Waals surface area contributed by atoms with Gasteiger partial charge in [0.2, 0.25) is 5.95 Å². The highest BCUT2D eigenvalue weighted by molar-refractivity contribution is 7.21. The second-order valence-electron chi connectivity index (χ2n) is 8.96. The van der Waals surface area contributed by atoms with E-state index in [0.717, 1.165) is 15.2 Å². The number of hydrogen-bond donors (Lipinski definition) is 3. The molecule has 1 aliphatic carbocycles. The number of thiazole rings is 1. The van der Waals surface area contributed by atoms with Crippen molar-refractivity contribution in [2.75, 3.05) is 37.5 Å². The Morgan fingerprint density at radius 3 is 2.76 bits per heavy atom. The first kappa shape index (κ1) is 23.7. The first-order valence-corrected chi connectivity index (χ1v) is 12.5. The fourth-order valence-corrected chi connectivity index (χ4v) is 5.96. The molecule has 1 aliphatic heterocycles. The Balaban J connectivity index is 1.52. The van der Waals surface area contributed by atoms with Crippen molar-refractivity contribution in [2.24, 2.45) is 5.92 Å². The summed E-state index contributed by atoms with van der Waals surface area (Å²) in [5.74, 6) is 0.211. The summed E-state index contributed by atoms with van der Waals surface area (Å²) >= 11 is 8.25. The molecule has 0 unspecified atom stereocenters. The van der Waals surface area contributed by atoms with Gasteiger partial charge in [0, 0.05) is 26.2 Å². The summed E-state index contributed by atoms with van der Waals surface area (Å²) in [6.45, 7) is 4.86. The third-order valence-corrected chi connectivity index (χ3v) is 7.43. The van der Waals surface area contributed by atoms with Gasteiger partial charge in [-0.2, -0.15) is 4.98 Å². The number of aliphatic hydroxyl groups excluding tert-OH is 1. The summed E-state index contributed by atoms with van der Waals surface area (Å²) in [7, 11) is 1.64. The van der Waals surface area contributed by atoms with E-state index in [1.807, 2.05) is 38.1 Å². The van der Waals surface area contributed by atoms with E-state index in [1.165, 1.54) is 11.3 Å². The molecule has 1 saturated heterocycles. The number of ether oxygens (including phenoxy) is 3. The van der Waals surface area contributed by atoms with Gasteiger partial charge < -0.3 is 30.0 Å². The van der Waals surface area contributed by atoms with Crippen molar-refractivity contribution in [3.8, 4) is 10.6 Å². The molecule has 2 aromatic heterocycles. The first-order chi connectivity index (χ1) is 16.4. The average Bonchev–Trinajstić information content (AvgIpc) is 3.44. The van der Waals surface area contributed by atoms with Crippen LogP contribution >= 0.6 is 22.9 Å². The molecule has 2 fully saturated rings. The van der Waals surface area contributed by atoms with Crippen molar-refractivity contribution in [1.29, 1.82) is 0 Å². The Morgan fingerprint density at radius 1 is 1.21 bits per heavy atom. The number of hydrogen-bond acceptors (Lipinski definition) is 10. The van der Waals surface area contributed by atoms with Crippen molar-refractivity contribution < 1.29 is 19.3 Å². The molecule has 3 heterocycles. The van der Waals surface area contributed by atoms with Crippen molar-refractivity contribution in [3.63, 3.8) is 0 Å². The zero-order chi connectivity index (χ0) is 23.9. The smallest absolute Gasteiger partial charge is 0.226 e. The molecule has 3 aromatic rings. The maximum atomic E-state index is 9.95. The largest absolute Gasteiger partial charge is 0.396 e. The number of anilines is 2. The number of methoxy groups -OCH3 is 1. The molecular weight excluding hydrogens is 478 g/mol. The molecule has 182 valence electrons. The number of benzene rings is 1. The van der Waals surface area contributed by atoms with Crippen molar-refractivity contribution in [1.82, 2.24) is 15.0 Å². The third-order valence-electron chi connectivity index (χ3n) is 6.10. The van der Waals surface area contributed by atoms with Crippen molar-refractivity contribution in [3.05, 3.63) is 29.4 Å². The molecule has 1 saturated carbocycles. The molecule has 0 spiro atoms. The summed E-state index contributed by atoms with van der Waals surface area (Å²) in [5, 5.41) is 17.7. The Bertz CT molecular complexity index is 1140. The van der Waals surface area contributed by atoms with Crippen LogP contribution in [0, 0.1) is 5.92 Å². The van der Waals surface area contributed by atoms with Gasteiger partial charge in [-0.25, -0.2) is 9.97 Å². The van der Waals surface area contributed by atoms with Crippen molar-refractivity contribution >= 4 is 44.9 Å². The summed E-state index contributed by atoms with van der Waals surface area (Å²) in [4.78, 5) is 14.0. The fourth-order valence-electron chi connectivity index (χ4n) is 4.63. The predicted octanol–water partition coefficient (Wildman–Crippen LogP) is 3.78. The van der Waals surface area contributed by atoms with E-state index in [9.17, 15) is 5.11 Å². The molecule has 4 atom stereocenters. The average molecular weight is 506 g/mol. The highest BCUT2D eigenvalue weighted by Gasteiger charge is 2.54. The van der Waals surface area contributed by atoms with Gasteiger partial charge in [0.15, 0.2) is 5.79 Å². The van der Waals surface area contributed by atoms with Gasteiger partial charge in [-0.05, 0) is 32.4 Å². The van der Waals surface area contributed by atoms with Crippen LogP contribution in [0.3, 0.4) is 0 Å². The number of nitrogens with zero attached hydrogens (tertiary/aromatic N) is 3. The summed E-state index contributed by atoms with van der Waals surface area (Å²) < 4.78 is 18.5. The Kier molecular flexibility index (Phi) is 6.62. The van der Waals surface area contributed by atoms with E-state index < -0.39 is 5.79 Å². The lowest BCUT2D eigenvalue weighted by Gasteiger charge is -2.24. The van der Waals surface area contributed by atoms with E-state index in [2.05, 4.69) is 15.6 Å². The maximum Gasteiger partial charge on any atom is 0.226 e. The first-order valence-electron chi connectivity index (χ1n) is 11.3. The van der Waals surface area contributed by atoms with Gasteiger partial charge in [0.25, 0.3) is 0 Å². The normalized spacial score (nSPS) is 25.6. The lowest BCUT2D eigenvalue weighted by atomic mass is 10.1. The molecular formula is C23H28ClN5O4S. The van der Waals surface area contributed by atoms with Crippen LogP contribution in [0.4, 0.5) is 11.8 Å². The Morgan fingerprint density at radius 2 is 2.00 bits per heavy atom. The molecule has 2 aliphatic rings. The lowest BCUT2D eigenvalue weighted by Crippen LogP contribution is -2.35. The number of rotatable bonds is 8. The molecule has 1 aromatic carbocycles. The molecule has 34 heavy (non-hydrogen) atoms. The molecule has 0 bridgehead atoms. The van der Waals surface area contributed by atoms with E-state index in [-0.39, 0.29) is 30.8 Å². The lowest BCUT2D eigenvalue weighted by molar-refractivity contribution is -0.158. The molecule has 11 heteroatoms. The fraction of sp³-hybridized carbons (Fsp3) is 0.522. The predicted molar refractivity (Wildman–Crippen MR) is 132 cm³/mol. The summed E-state index contributed by atoms with van der Waals surface area (Å²) in [6.07, 6.45) is 0.254. The van der Waals surface area contributed by atoms with Crippen LogP contribution in [0.5, 0.6) is 0 Å². The standard InChI is InChI=1S/C23H28ClN5O4S/c1-23(2)32-17-12(11-30)10-14(18(17)33-23)26-20-16(19(24)28-22(29-20)25-8-9-31-3)21-27-13-6-4-5-7-15(13)34-21/h4-7,12,14,17-18,30H,8-11H2,1-3H3,(H2,25,26,28,29)/t12-,14-,17-,18+/m1/s1. The monoisotopic (exact) mass is 505 g/mol.